The molecule has 0 aromatic rings. The van der Waals surface area contributed by atoms with E-state index in [2.05, 4.69) is 0 Å². The summed E-state index contributed by atoms with van der Waals surface area (Å²) in [5, 5.41) is 0. The zero-order valence-corrected chi connectivity index (χ0v) is 6.73. The molecule has 0 saturated carbocycles. The molecule has 0 N–H and O–H groups in total. The molecule has 0 radical (unpaired) electrons. The van der Waals surface area contributed by atoms with E-state index in [4.69, 9.17) is 0 Å². The van der Waals surface area contributed by atoms with Gasteiger partial charge in [0.25, 0.3) is 0 Å². The Labute approximate surface area is 65.8 Å². The summed E-state index contributed by atoms with van der Waals surface area (Å²) in [5.41, 5.74) is 0. The normalized spacial score (nSPS) is 27.2. The van der Waals surface area contributed by atoms with Crippen molar-refractivity contribution in [3.63, 3.8) is 0 Å². The van der Waals surface area contributed by atoms with Crippen LogP contribution in [-0.2, 0) is 0 Å². The fourth-order valence-electron chi connectivity index (χ4n) is 0.611. The van der Waals surface area contributed by atoms with Crippen molar-refractivity contribution >= 4 is 22.6 Å². The van der Waals surface area contributed by atoms with Crippen LogP contribution in [-0.4, -0.2) is 6.17 Å². The molecular weight excluding hydrogens is 237 g/mol. The molecule has 0 aliphatic heterocycles. The SMILES string of the molecule is FC1=CC=C(I)C(F)C1. The lowest BCUT2D eigenvalue weighted by molar-refractivity contribution is 0.367. The van der Waals surface area contributed by atoms with Crippen molar-refractivity contribution in [1.29, 1.82) is 0 Å². The van der Waals surface area contributed by atoms with Crippen LogP contribution in [0.2, 0.25) is 0 Å². The Morgan fingerprint density at radius 1 is 1.56 bits per heavy atom. The van der Waals surface area contributed by atoms with Gasteiger partial charge < -0.3 is 0 Å². The van der Waals surface area contributed by atoms with E-state index in [9.17, 15) is 8.78 Å². The summed E-state index contributed by atoms with van der Waals surface area (Å²) in [4.78, 5) is 0. The van der Waals surface area contributed by atoms with Crippen molar-refractivity contribution in [2.45, 2.75) is 12.6 Å². The van der Waals surface area contributed by atoms with Crippen molar-refractivity contribution in [1.82, 2.24) is 0 Å². The average molecular weight is 242 g/mol. The molecule has 9 heavy (non-hydrogen) atoms. The smallest absolute Gasteiger partial charge is 0.137 e. The summed E-state index contributed by atoms with van der Waals surface area (Å²) in [6.45, 7) is 0. The number of allylic oxidation sites excluding steroid dienone is 4. The molecule has 1 atom stereocenters. The highest BCUT2D eigenvalue weighted by atomic mass is 127. The largest absolute Gasteiger partial charge is 0.241 e. The van der Waals surface area contributed by atoms with E-state index in [1.165, 1.54) is 12.2 Å². The Morgan fingerprint density at radius 3 is 2.67 bits per heavy atom. The van der Waals surface area contributed by atoms with E-state index in [0.29, 0.717) is 3.58 Å². The first-order chi connectivity index (χ1) is 4.20. The number of hydrogen-bond donors (Lipinski definition) is 0. The third-order valence-electron chi connectivity index (χ3n) is 1.10. The molecule has 1 unspecified atom stereocenters. The Bertz CT molecular complexity index is 172. The van der Waals surface area contributed by atoms with Crippen molar-refractivity contribution in [2.75, 3.05) is 0 Å². The van der Waals surface area contributed by atoms with E-state index in [1.807, 2.05) is 22.6 Å². The molecule has 0 aromatic carbocycles. The van der Waals surface area contributed by atoms with E-state index < -0.39 is 6.17 Å². The minimum atomic E-state index is -1.12. The van der Waals surface area contributed by atoms with Crippen molar-refractivity contribution < 1.29 is 8.78 Å². The lowest BCUT2D eigenvalue weighted by atomic mass is 10.1. The van der Waals surface area contributed by atoms with Gasteiger partial charge in [-0.2, -0.15) is 0 Å². The zero-order valence-electron chi connectivity index (χ0n) is 4.57. The van der Waals surface area contributed by atoms with Gasteiger partial charge in [0.15, 0.2) is 0 Å². The summed E-state index contributed by atoms with van der Waals surface area (Å²) < 4.78 is 25.2. The lowest BCUT2D eigenvalue weighted by Gasteiger charge is -2.08. The Balaban J connectivity index is 2.74. The van der Waals surface area contributed by atoms with E-state index >= 15 is 0 Å². The van der Waals surface area contributed by atoms with Gasteiger partial charge in [0.2, 0.25) is 0 Å². The molecule has 1 rings (SSSR count). The van der Waals surface area contributed by atoms with Crippen LogP contribution in [0, 0.1) is 0 Å². The number of hydrogen-bond acceptors (Lipinski definition) is 0. The molecule has 3 heteroatoms. The average Bonchev–Trinajstić information content (AvgIpc) is 1.80. The zero-order chi connectivity index (χ0) is 6.85. The summed E-state index contributed by atoms with van der Waals surface area (Å²) in [6, 6.07) is 0. The Morgan fingerprint density at radius 2 is 2.22 bits per heavy atom. The predicted octanol–water partition coefficient (Wildman–Crippen LogP) is 2.90. The van der Waals surface area contributed by atoms with Gasteiger partial charge >= 0.3 is 0 Å². The van der Waals surface area contributed by atoms with Crippen LogP contribution in [0.25, 0.3) is 0 Å². The standard InChI is InChI=1S/C6H5F2I/c7-4-1-2-6(9)5(8)3-4/h1-2,5H,3H2. The van der Waals surface area contributed by atoms with Gasteiger partial charge in [0.05, 0.1) is 0 Å². The van der Waals surface area contributed by atoms with Crippen molar-refractivity contribution in [3.05, 3.63) is 21.6 Å². The quantitative estimate of drug-likeness (QED) is 0.573. The molecule has 0 aromatic heterocycles. The third-order valence-corrected chi connectivity index (χ3v) is 2.13. The van der Waals surface area contributed by atoms with Gasteiger partial charge in [-0.3, -0.25) is 0 Å². The van der Waals surface area contributed by atoms with Crippen LogP contribution in [0.3, 0.4) is 0 Å². The monoisotopic (exact) mass is 242 g/mol. The first-order valence-corrected chi connectivity index (χ1v) is 3.64. The molecule has 1 aliphatic carbocycles. The fraction of sp³-hybridized carbons (Fsp3) is 0.333. The van der Waals surface area contributed by atoms with E-state index in [0.717, 1.165) is 0 Å². The summed E-state index contributed by atoms with van der Waals surface area (Å²) in [7, 11) is 0. The molecular formula is C6H5F2I. The molecule has 0 spiro atoms. The van der Waals surface area contributed by atoms with Crippen molar-refractivity contribution in [2.24, 2.45) is 0 Å². The minimum absolute atomic E-state index is 0.0885. The van der Waals surface area contributed by atoms with E-state index in [1.54, 1.807) is 0 Å². The van der Waals surface area contributed by atoms with Crippen molar-refractivity contribution in [3.8, 4) is 0 Å². The maximum absolute atomic E-state index is 12.5. The summed E-state index contributed by atoms with van der Waals surface area (Å²) in [6.07, 6.45) is 1.56. The fourth-order valence-corrected chi connectivity index (χ4v) is 1.01. The van der Waals surface area contributed by atoms with Gasteiger partial charge in [0, 0.05) is 10.0 Å². The number of alkyl halides is 1. The second-order valence-corrected chi connectivity index (χ2v) is 3.08. The maximum Gasteiger partial charge on any atom is 0.137 e. The summed E-state index contributed by atoms with van der Waals surface area (Å²) >= 11 is 1.87. The Hall–Kier alpha value is 0.0700. The molecule has 0 amide bonds. The van der Waals surface area contributed by atoms with Gasteiger partial charge in [-0.25, -0.2) is 8.78 Å². The molecule has 0 bridgehead atoms. The second kappa shape index (κ2) is 2.77. The van der Waals surface area contributed by atoms with Crippen LogP contribution < -0.4 is 0 Å². The first-order valence-electron chi connectivity index (χ1n) is 2.56. The van der Waals surface area contributed by atoms with Crippen LogP contribution >= 0.6 is 22.6 Å². The van der Waals surface area contributed by atoms with E-state index in [-0.39, 0.29) is 12.2 Å². The first kappa shape index (κ1) is 7.18. The predicted molar refractivity (Wildman–Crippen MR) is 40.8 cm³/mol. The highest BCUT2D eigenvalue weighted by Gasteiger charge is 2.15. The van der Waals surface area contributed by atoms with Crippen LogP contribution in [0.5, 0.6) is 0 Å². The van der Waals surface area contributed by atoms with Gasteiger partial charge in [-0.05, 0) is 34.7 Å². The molecule has 0 heterocycles. The van der Waals surface area contributed by atoms with Crippen LogP contribution in [0.15, 0.2) is 21.6 Å². The molecule has 1 aliphatic rings. The second-order valence-electron chi connectivity index (χ2n) is 1.84. The maximum atomic E-state index is 12.5. The highest BCUT2D eigenvalue weighted by Crippen LogP contribution is 2.26. The minimum Gasteiger partial charge on any atom is -0.241 e. The van der Waals surface area contributed by atoms with Gasteiger partial charge in [-0.1, -0.05) is 0 Å². The van der Waals surface area contributed by atoms with Crippen LogP contribution in [0.4, 0.5) is 8.78 Å². The molecule has 50 valence electrons. The number of halogens is 3. The Kier molecular flexibility index (Phi) is 2.21. The lowest BCUT2D eigenvalue weighted by Crippen LogP contribution is -2.02. The molecule has 0 nitrogen and oxygen atoms in total. The molecule has 0 saturated heterocycles. The molecule has 0 fully saturated rings. The van der Waals surface area contributed by atoms with Crippen LogP contribution in [0.1, 0.15) is 6.42 Å². The topological polar surface area (TPSA) is 0 Å². The van der Waals surface area contributed by atoms with Gasteiger partial charge in [0.1, 0.15) is 12.0 Å². The third kappa shape index (κ3) is 1.74. The summed E-state index contributed by atoms with van der Waals surface area (Å²) in [5.74, 6) is -0.372. The number of rotatable bonds is 0. The van der Waals surface area contributed by atoms with Gasteiger partial charge in [-0.15, -0.1) is 0 Å². The highest BCUT2D eigenvalue weighted by molar-refractivity contribution is 14.1.